The molecule has 0 amide bonds. The van der Waals surface area contributed by atoms with Gasteiger partial charge in [-0.1, -0.05) is 43.2 Å². The molecule has 0 bridgehead atoms. The molecule has 0 aliphatic rings. The summed E-state index contributed by atoms with van der Waals surface area (Å²) in [6, 6.07) is 7.93. The van der Waals surface area contributed by atoms with Crippen LogP contribution in [-0.2, 0) is 0 Å². The normalized spacial score (nSPS) is 13.2. The molecule has 1 aromatic rings. The number of likely N-dealkylation sites (N-methyl/N-ethyl adjacent to an activating group) is 1. The first-order valence-corrected chi connectivity index (χ1v) is 8.03. The molecule has 2 heteroatoms. The Morgan fingerprint density at radius 1 is 1.05 bits per heavy atom. The number of hydrogen-bond donors (Lipinski definition) is 1. The second-order valence-corrected chi connectivity index (χ2v) is 6.11. The molecule has 0 radical (unpaired) electrons. The minimum atomic E-state index is 0.427. The van der Waals surface area contributed by atoms with Gasteiger partial charge in [-0.15, -0.1) is 0 Å². The van der Waals surface area contributed by atoms with Gasteiger partial charge in [0.05, 0.1) is 0 Å². The maximum atomic E-state index is 3.72. The zero-order valence-corrected chi connectivity index (χ0v) is 14.2. The topological polar surface area (TPSA) is 15.3 Å². The standard InChI is InChI=1S/C18H32N2/c1-7-9-19-18(13-20(8-2)14(3)4)17-11-15(5)10-16(6)12-17/h10-12,14,18-19H,7-9,13H2,1-6H3. The molecule has 0 aliphatic heterocycles. The maximum Gasteiger partial charge on any atom is 0.0449 e. The molecule has 0 fully saturated rings. The second kappa shape index (κ2) is 8.43. The third kappa shape index (κ3) is 5.26. The fraction of sp³-hybridized carbons (Fsp3) is 0.667. The Balaban J connectivity index is 2.92. The zero-order chi connectivity index (χ0) is 15.1. The van der Waals surface area contributed by atoms with Crippen molar-refractivity contribution in [1.82, 2.24) is 10.2 Å². The molecule has 1 atom stereocenters. The summed E-state index contributed by atoms with van der Waals surface area (Å²) in [5, 5.41) is 3.72. The highest BCUT2D eigenvalue weighted by Gasteiger charge is 2.17. The average Bonchev–Trinajstić information content (AvgIpc) is 2.37. The Morgan fingerprint density at radius 3 is 2.10 bits per heavy atom. The molecule has 0 aliphatic carbocycles. The number of aryl methyl sites for hydroxylation is 2. The van der Waals surface area contributed by atoms with Gasteiger partial charge in [-0.3, -0.25) is 4.90 Å². The van der Waals surface area contributed by atoms with Crippen LogP contribution in [0, 0.1) is 13.8 Å². The number of nitrogens with one attached hydrogen (secondary N) is 1. The number of rotatable bonds is 8. The van der Waals surface area contributed by atoms with Gasteiger partial charge in [-0.25, -0.2) is 0 Å². The van der Waals surface area contributed by atoms with E-state index in [-0.39, 0.29) is 0 Å². The molecule has 0 aromatic heterocycles. The van der Waals surface area contributed by atoms with E-state index in [9.17, 15) is 0 Å². The molecule has 1 aromatic carbocycles. The lowest BCUT2D eigenvalue weighted by Crippen LogP contribution is -2.39. The molecule has 1 N–H and O–H groups in total. The Kier molecular flexibility index (Phi) is 7.25. The molecular formula is C18H32N2. The lowest BCUT2D eigenvalue weighted by molar-refractivity contribution is 0.207. The summed E-state index contributed by atoms with van der Waals surface area (Å²) >= 11 is 0. The fourth-order valence-corrected chi connectivity index (χ4v) is 2.76. The summed E-state index contributed by atoms with van der Waals surface area (Å²) in [6.45, 7) is 16.7. The summed E-state index contributed by atoms with van der Waals surface area (Å²) < 4.78 is 0. The van der Waals surface area contributed by atoms with Crippen LogP contribution in [0.15, 0.2) is 18.2 Å². The van der Waals surface area contributed by atoms with E-state index in [0.717, 1.165) is 19.6 Å². The van der Waals surface area contributed by atoms with Crippen LogP contribution in [0.4, 0.5) is 0 Å². The number of hydrogen-bond acceptors (Lipinski definition) is 2. The monoisotopic (exact) mass is 276 g/mol. The van der Waals surface area contributed by atoms with Gasteiger partial charge in [0.25, 0.3) is 0 Å². The van der Waals surface area contributed by atoms with Crippen molar-refractivity contribution in [3.05, 3.63) is 34.9 Å². The molecule has 0 heterocycles. The van der Waals surface area contributed by atoms with E-state index in [0.29, 0.717) is 12.1 Å². The van der Waals surface area contributed by atoms with Crippen LogP contribution in [0.3, 0.4) is 0 Å². The Morgan fingerprint density at radius 2 is 1.65 bits per heavy atom. The molecule has 1 rings (SSSR count). The SMILES string of the molecule is CCCNC(CN(CC)C(C)C)c1cc(C)cc(C)c1. The molecule has 20 heavy (non-hydrogen) atoms. The fourth-order valence-electron chi connectivity index (χ4n) is 2.76. The first-order valence-electron chi connectivity index (χ1n) is 8.03. The maximum absolute atomic E-state index is 3.72. The van der Waals surface area contributed by atoms with Crippen LogP contribution in [0.25, 0.3) is 0 Å². The van der Waals surface area contributed by atoms with Crippen LogP contribution in [0.2, 0.25) is 0 Å². The average molecular weight is 276 g/mol. The van der Waals surface area contributed by atoms with E-state index in [2.05, 4.69) is 70.0 Å². The summed E-state index contributed by atoms with van der Waals surface area (Å²) in [5.41, 5.74) is 4.14. The zero-order valence-electron chi connectivity index (χ0n) is 14.2. The summed E-state index contributed by atoms with van der Waals surface area (Å²) in [4.78, 5) is 2.53. The van der Waals surface area contributed by atoms with Gasteiger partial charge < -0.3 is 5.32 Å². The van der Waals surface area contributed by atoms with E-state index in [1.54, 1.807) is 0 Å². The molecule has 0 spiro atoms. The highest BCUT2D eigenvalue weighted by atomic mass is 15.2. The molecule has 0 saturated heterocycles. The van der Waals surface area contributed by atoms with Crippen molar-refractivity contribution in [2.24, 2.45) is 0 Å². The number of nitrogens with zero attached hydrogens (tertiary/aromatic N) is 1. The number of benzene rings is 1. The first-order chi connectivity index (χ1) is 9.47. The van der Waals surface area contributed by atoms with Crippen molar-refractivity contribution in [3.63, 3.8) is 0 Å². The van der Waals surface area contributed by atoms with Crippen molar-refractivity contribution in [3.8, 4) is 0 Å². The van der Waals surface area contributed by atoms with Crippen LogP contribution in [-0.4, -0.2) is 30.6 Å². The Labute approximate surface area is 125 Å². The van der Waals surface area contributed by atoms with Crippen molar-refractivity contribution in [2.45, 2.75) is 60.0 Å². The van der Waals surface area contributed by atoms with Crippen molar-refractivity contribution < 1.29 is 0 Å². The van der Waals surface area contributed by atoms with Crippen LogP contribution in [0.1, 0.15) is 56.8 Å². The van der Waals surface area contributed by atoms with E-state index in [1.807, 2.05) is 0 Å². The van der Waals surface area contributed by atoms with E-state index in [4.69, 9.17) is 0 Å². The van der Waals surface area contributed by atoms with Crippen LogP contribution >= 0.6 is 0 Å². The lowest BCUT2D eigenvalue weighted by Gasteiger charge is -2.30. The van der Waals surface area contributed by atoms with Gasteiger partial charge in [-0.2, -0.15) is 0 Å². The highest BCUT2D eigenvalue weighted by Crippen LogP contribution is 2.19. The Bertz CT molecular complexity index is 378. The van der Waals surface area contributed by atoms with Crippen LogP contribution in [0.5, 0.6) is 0 Å². The summed E-state index contributed by atoms with van der Waals surface area (Å²) in [5.74, 6) is 0. The van der Waals surface area contributed by atoms with Crippen molar-refractivity contribution >= 4 is 0 Å². The van der Waals surface area contributed by atoms with Crippen LogP contribution < -0.4 is 5.32 Å². The quantitative estimate of drug-likeness (QED) is 0.770. The summed E-state index contributed by atoms with van der Waals surface area (Å²) in [7, 11) is 0. The molecule has 2 nitrogen and oxygen atoms in total. The molecular weight excluding hydrogens is 244 g/mol. The lowest BCUT2D eigenvalue weighted by atomic mass is 10.0. The largest absolute Gasteiger partial charge is 0.309 e. The molecule has 1 unspecified atom stereocenters. The smallest absolute Gasteiger partial charge is 0.0449 e. The van der Waals surface area contributed by atoms with Gasteiger partial charge in [0.1, 0.15) is 0 Å². The van der Waals surface area contributed by atoms with Crippen molar-refractivity contribution in [1.29, 1.82) is 0 Å². The third-order valence-corrected chi connectivity index (χ3v) is 3.84. The van der Waals surface area contributed by atoms with Gasteiger partial charge in [0, 0.05) is 18.6 Å². The minimum absolute atomic E-state index is 0.427. The third-order valence-electron chi connectivity index (χ3n) is 3.84. The molecule has 114 valence electrons. The second-order valence-electron chi connectivity index (χ2n) is 6.11. The predicted octanol–water partition coefficient (Wildman–Crippen LogP) is 4.07. The molecule has 0 saturated carbocycles. The van der Waals surface area contributed by atoms with E-state index in [1.165, 1.54) is 23.1 Å². The Hall–Kier alpha value is -0.860. The van der Waals surface area contributed by atoms with E-state index >= 15 is 0 Å². The summed E-state index contributed by atoms with van der Waals surface area (Å²) in [6.07, 6.45) is 1.18. The minimum Gasteiger partial charge on any atom is -0.309 e. The first kappa shape index (κ1) is 17.2. The van der Waals surface area contributed by atoms with Gasteiger partial charge in [-0.05, 0) is 52.8 Å². The van der Waals surface area contributed by atoms with Crippen molar-refractivity contribution in [2.75, 3.05) is 19.6 Å². The highest BCUT2D eigenvalue weighted by molar-refractivity contribution is 5.31. The van der Waals surface area contributed by atoms with Gasteiger partial charge in [0.2, 0.25) is 0 Å². The predicted molar refractivity (Wildman–Crippen MR) is 89.3 cm³/mol. The van der Waals surface area contributed by atoms with Gasteiger partial charge in [0.15, 0.2) is 0 Å². The van der Waals surface area contributed by atoms with E-state index < -0.39 is 0 Å². The van der Waals surface area contributed by atoms with Gasteiger partial charge >= 0.3 is 0 Å².